The summed E-state index contributed by atoms with van der Waals surface area (Å²) in [6.07, 6.45) is 2.21. The van der Waals surface area contributed by atoms with Crippen LogP contribution < -0.4 is 5.32 Å². The molecule has 1 amide bonds. The fraction of sp³-hybridized carbons (Fsp3) is 0.333. The van der Waals surface area contributed by atoms with Crippen molar-refractivity contribution in [2.75, 3.05) is 6.54 Å². The van der Waals surface area contributed by atoms with Crippen LogP contribution in [-0.4, -0.2) is 17.4 Å². The first-order valence-corrected chi connectivity index (χ1v) is 7.33. The minimum atomic E-state index is 0.119. The predicted octanol–water partition coefficient (Wildman–Crippen LogP) is 2.50. The molecule has 0 aromatic carbocycles. The summed E-state index contributed by atoms with van der Waals surface area (Å²) < 4.78 is 0. The Kier molecular flexibility index (Phi) is 4.70. The van der Waals surface area contributed by atoms with Gasteiger partial charge in [-0.1, -0.05) is 6.07 Å². The van der Waals surface area contributed by atoms with Crippen molar-refractivity contribution in [3.8, 4) is 0 Å². The van der Waals surface area contributed by atoms with Crippen LogP contribution in [0.1, 0.15) is 17.0 Å². The third-order valence-corrected chi connectivity index (χ3v) is 3.94. The Hall–Kier alpha value is -1.20. The number of thiazole rings is 1. The van der Waals surface area contributed by atoms with Crippen molar-refractivity contribution < 1.29 is 4.79 Å². The Bertz CT molecular complexity index is 437. The van der Waals surface area contributed by atoms with Crippen LogP contribution in [0.5, 0.6) is 0 Å². The molecule has 2 aromatic rings. The van der Waals surface area contributed by atoms with Crippen molar-refractivity contribution in [2.45, 2.75) is 19.3 Å². The van der Waals surface area contributed by atoms with Crippen LogP contribution in [0.4, 0.5) is 0 Å². The number of rotatable bonds is 6. The summed E-state index contributed by atoms with van der Waals surface area (Å²) in [5, 5.41) is 6.96. The highest BCUT2D eigenvalue weighted by atomic mass is 32.1. The van der Waals surface area contributed by atoms with Gasteiger partial charge < -0.3 is 5.32 Å². The number of nitrogens with zero attached hydrogens (tertiary/aromatic N) is 1. The zero-order valence-corrected chi connectivity index (χ0v) is 11.0. The van der Waals surface area contributed by atoms with Crippen molar-refractivity contribution in [1.82, 2.24) is 10.3 Å². The lowest BCUT2D eigenvalue weighted by molar-refractivity contribution is -0.121. The molecular weight excluding hydrogens is 252 g/mol. The van der Waals surface area contributed by atoms with E-state index in [1.54, 1.807) is 22.7 Å². The molecule has 0 unspecified atom stereocenters. The van der Waals surface area contributed by atoms with Gasteiger partial charge in [0.1, 0.15) is 0 Å². The Labute approximate surface area is 109 Å². The molecule has 0 bridgehead atoms. The van der Waals surface area contributed by atoms with Gasteiger partial charge in [0.25, 0.3) is 0 Å². The number of carbonyl (C=O) groups is 1. The smallest absolute Gasteiger partial charge is 0.220 e. The molecule has 0 aliphatic carbocycles. The average Bonchev–Trinajstić information content (AvgIpc) is 2.99. The number of nitrogens with one attached hydrogen (secondary N) is 1. The fourth-order valence-corrected chi connectivity index (χ4v) is 2.77. The number of hydrogen-bond acceptors (Lipinski definition) is 4. The molecule has 0 fully saturated rings. The molecule has 0 saturated carbocycles. The summed E-state index contributed by atoms with van der Waals surface area (Å²) in [7, 11) is 0. The number of amides is 1. The molecule has 2 rings (SSSR count). The number of thiophene rings is 1. The van der Waals surface area contributed by atoms with Gasteiger partial charge in [-0.05, 0) is 17.9 Å². The largest absolute Gasteiger partial charge is 0.356 e. The highest BCUT2D eigenvalue weighted by molar-refractivity contribution is 7.09. The molecule has 0 aliphatic heterocycles. The van der Waals surface area contributed by atoms with Crippen LogP contribution in [0.2, 0.25) is 0 Å². The van der Waals surface area contributed by atoms with Crippen LogP contribution in [0.15, 0.2) is 28.4 Å². The van der Waals surface area contributed by atoms with E-state index in [1.165, 1.54) is 4.88 Å². The molecule has 1 N–H and O–H groups in total. The summed E-state index contributed by atoms with van der Waals surface area (Å²) >= 11 is 3.28. The van der Waals surface area contributed by atoms with Gasteiger partial charge in [0.2, 0.25) is 5.91 Å². The topological polar surface area (TPSA) is 42.0 Å². The number of aromatic nitrogens is 1. The van der Waals surface area contributed by atoms with Crippen LogP contribution >= 0.6 is 22.7 Å². The lowest BCUT2D eigenvalue weighted by Gasteiger charge is -2.03. The molecule has 2 heterocycles. The molecule has 2 aromatic heterocycles. The molecule has 0 saturated heterocycles. The fourth-order valence-electron chi connectivity index (χ4n) is 1.47. The Morgan fingerprint density at radius 1 is 1.41 bits per heavy atom. The molecule has 5 heteroatoms. The minimum absolute atomic E-state index is 0.119. The van der Waals surface area contributed by atoms with Crippen molar-refractivity contribution in [3.05, 3.63) is 39.0 Å². The maximum atomic E-state index is 11.5. The van der Waals surface area contributed by atoms with Gasteiger partial charge >= 0.3 is 0 Å². The highest BCUT2D eigenvalue weighted by Crippen LogP contribution is 2.10. The van der Waals surface area contributed by atoms with E-state index in [0.717, 1.165) is 18.5 Å². The second-order valence-corrected chi connectivity index (χ2v) is 5.41. The summed E-state index contributed by atoms with van der Waals surface area (Å²) in [6.45, 7) is 0.674. The number of carbonyl (C=O) groups excluding carboxylic acids is 1. The third kappa shape index (κ3) is 4.28. The van der Waals surface area contributed by atoms with E-state index in [2.05, 4.69) is 16.4 Å². The first-order valence-electron chi connectivity index (χ1n) is 5.51. The summed E-state index contributed by atoms with van der Waals surface area (Å²) in [6, 6.07) is 4.08. The van der Waals surface area contributed by atoms with Crippen LogP contribution in [-0.2, 0) is 17.6 Å². The van der Waals surface area contributed by atoms with E-state index in [0.29, 0.717) is 13.0 Å². The van der Waals surface area contributed by atoms with Gasteiger partial charge in [0.05, 0.1) is 11.2 Å². The normalized spacial score (nSPS) is 10.4. The summed E-state index contributed by atoms with van der Waals surface area (Å²) in [5.74, 6) is 0.119. The minimum Gasteiger partial charge on any atom is -0.356 e. The second-order valence-electron chi connectivity index (χ2n) is 3.66. The van der Waals surface area contributed by atoms with E-state index in [4.69, 9.17) is 0 Å². The predicted molar refractivity (Wildman–Crippen MR) is 71.5 cm³/mol. The molecule has 0 aliphatic rings. The highest BCUT2D eigenvalue weighted by Gasteiger charge is 2.03. The summed E-state index contributed by atoms with van der Waals surface area (Å²) in [4.78, 5) is 17.0. The Balaban J connectivity index is 1.61. The molecule has 90 valence electrons. The first kappa shape index (κ1) is 12.3. The van der Waals surface area contributed by atoms with Crippen LogP contribution in [0.25, 0.3) is 0 Å². The van der Waals surface area contributed by atoms with E-state index < -0.39 is 0 Å². The van der Waals surface area contributed by atoms with E-state index in [-0.39, 0.29) is 5.91 Å². The van der Waals surface area contributed by atoms with E-state index in [1.807, 2.05) is 22.3 Å². The Morgan fingerprint density at radius 3 is 3.06 bits per heavy atom. The molecule has 3 nitrogen and oxygen atoms in total. The van der Waals surface area contributed by atoms with Crippen molar-refractivity contribution >= 4 is 28.6 Å². The molecule has 17 heavy (non-hydrogen) atoms. The maximum Gasteiger partial charge on any atom is 0.220 e. The molecular formula is C12H14N2OS2. The second kappa shape index (κ2) is 6.51. The number of aryl methyl sites for hydroxylation is 1. The standard InChI is InChI=1S/C12H14N2OS2/c15-12(4-3-11-2-1-7-17-11)13-6-5-10-8-16-9-14-10/h1-2,7-9H,3-6H2,(H,13,15). The lowest BCUT2D eigenvalue weighted by Crippen LogP contribution is -2.25. The van der Waals surface area contributed by atoms with Gasteiger partial charge in [-0.15, -0.1) is 22.7 Å². The van der Waals surface area contributed by atoms with Crippen molar-refractivity contribution in [2.24, 2.45) is 0 Å². The maximum absolute atomic E-state index is 11.5. The van der Waals surface area contributed by atoms with E-state index >= 15 is 0 Å². The number of hydrogen-bond donors (Lipinski definition) is 1. The quantitative estimate of drug-likeness (QED) is 0.873. The molecule has 0 radical (unpaired) electrons. The van der Waals surface area contributed by atoms with Crippen molar-refractivity contribution in [1.29, 1.82) is 0 Å². The lowest BCUT2D eigenvalue weighted by atomic mass is 10.2. The third-order valence-electron chi connectivity index (χ3n) is 2.37. The zero-order valence-electron chi connectivity index (χ0n) is 9.39. The van der Waals surface area contributed by atoms with Gasteiger partial charge in [-0.3, -0.25) is 4.79 Å². The van der Waals surface area contributed by atoms with Gasteiger partial charge in [0, 0.05) is 29.6 Å². The van der Waals surface area contributed by atoms with Crippen molar-refractivity contribution in [3.63, 3.8) is 0 Å². The molecule has 0 atom stereocenters. The van der Waals surface area contributed by atoms with Crippen LogP contribution in [0, 0.1) is 0 Å². The van der Waals surface area contributed by atoms with E-state index in [9.17, 15) is 4.79 Å². The first-order chi connectivity index (χ1) is 8.34. The monoisotopic (exact) mass is 266 g/mol. The Morgan fingerprint density at radius 2 is 2.35 bits per heavy atom. The SMILES string of the molecule is O=C(CCc1cccs1)NCCc1cscn1. The zero-order chi connectivity index (χ0) is 11.9. The van der Waals surface area contributed by atoms with Crippen LogP contribution in [0.3, 0.4) is 0 Å². The van der Waals surface area contributed by atoms with Gasteiger partial charge in [-0.2, -0.15) is 0 Å². The summed E-state index contributed by atoms with van der Waals surface area (Å²) in [5.41, 5.74) is 2.86. The van der Waals surface area contributed by atoms with Gasteiger partial charge in [0.15, 0.2) is 0 Å². The van der Waals surface area contributed by atoms with Gasteiger partial charge in [-0.25, -0.2) is 4.98 Å². The molecule has 0 spiro atoms. The average molecular weight is 266 g/mol.